The second kappa shape index (κ2) is 11.6. The van der Waals surface area contributed by atoms with Gasteiger partial charge in [0.15, 0.2) is 5.78 Å². The summed E-state index contributed by atoms with van der Waals surface area (Å²) in [6, 6.07) is 2.36. The fourth-order valence-corrected chi connectivity index (χ4v) is 3.21. The van der Waals surface area contributed by atoms with Crippen LogP contribution in [-0.4, -0.2) is 53.2 Å². The fourth-order valence-electron chi connectivity index (χ4n) is 2.74. The number of halogens is 2. The summed E-state index contributed by atoms with van der Waals surface area (Å²) in [4.78, 5) is 51.3. The van der Waals surface area contributed by atoms with Crippen LogP contribution in [0.1, 0.15) is 71.2 Å². The summed E-state index contributed by atoms with van der Waals surface area (Å²) in [5, 5.41) is 0. The van der Waals surface area contributed by atoms with Crippen molar-refractivity contribution in [3.8, 4) is 0 Å². The molecule has 1 rings (SSSR count). The van der Waals surface area contributed by atoms with Crippen LogP contribution < -0.4 is 0 Å². The smallest absolute Gasteiger partial charge is 0.420 e. The molecule has 0 spiro atoms. The molecule has 1 aromatic rings. The zero-order valence-electron chi connectivity index (χ0n) is 20.0. The number of imide groups is 1. The standard InChI is InChI=1S/C23H31BrFNO7/c1-22(2,3)32-20(29)26(21(30)33-23(4,5)6)17(19(28)31-7)9-8-10-18(27)15-13-14(25)11-12-16(15)24/h11-13,17H,8-10H2,1-7H3/t17-/m0/s1. The molecule has 33 heavy (non-hydrogen) atoms. The Morgan fingerprint density at radius 2 is 1.52 bits per heavy atom. The van der Waals surface area contributed by atoms with E-state index in [-0.39, 0.29) is 30.6 Å². The number of benzene rings is 1. The summed E-state index contributed by atoms with van der Waals surface area (Å²) >= 11 is 3.21. The van der Waals surface area contributed by atoms with E-state index in [9.17, 15) is 23.6 Å². The molecule has 0 unspecified atom stereocenters. The molecule has 1 atom stereocenters. The van der Waals surface area contributed by atoms with Gasteiger partial charge >= 0.3 is 18.2 Å². The Morgan fingerprint density at radius 1 is 1.00 bits per heavy atom. The Morgan fingerprint density at radius 3 is 1.97 bits per heavy atom. The normalized spacial score (nSPS) is 12.5. The van der Waals surface area contributed by atoms with E-state index in [0.29, 0.717) is 9.37 Å². The van der Waals surface area contributed by atoms with E-state index in [1.165, 1.54) is 12.1 Å². The monoisotopic (exact) mass is 531 g/mol. The van der Waals surface area contributed by atoms with Gasteiger partial charge in [0.05, 0.1) is 7.11 Å². The van der Waals surface area contributed by atoms with Gasteiger partial charge in [0, 0.05) is 16.5 Å². The maximum absolute atomic E-state index is 13.5. The van der Waals surface area contributed by atoms with Crippen molar-refractivity contribution < 1.29 is 37.8 Å². The predicted octanol–water partition coefficient (Wildman–Crippen LogP) is 5.66. The molecule has 0 fully saturated rings. The number of carbonyl (C=O) groups excluding carboxylic acids is 4. The molecule has 10 heteroatoms. The maximum Gasteiger partial charge on any atom is 0.420 e. The first-order valence-electron chi connectivity index (χ1n) is 10.4. The van der Waals surface area contributed by atoms with Crippen molar-refractivity contribution in [2.75, 3.05) is 7.11 Å². The quantitative estimate of drug-likeness (QED) is 0.254. The molecule has 184 valence electrons. The van der Waals surface area contributed by atoms with Gasteiger partial charge in [-0.15, -0.1) is 0 Å². The number of nitrogens with zero attached hydrogens (tertiary/aromatic N) is 1. The molecule has 0 heterocycles. The molecule has 0 saturated heterocycles. The molecule has 0 aliphatic rings. The van der Waals surface area contributed by atoms with Crippen molar-refractivity contribution in [2.24, 2.45) is 0 Å². The second-order valence-electron chi connectivity index (χ2n) is 9.31. The molecular formula is C23H31BrFNO7. The molecule has 0 saturated carbocycles. The van der Waals surface area contributed by atoms with Gasteiger partial charge in [-0.25, -0.2) is 18.8 Å². The van der Waals surface area contributed by atoms with Gasteiger partial charge in [0.1, 0.15) is 23.1 Å². The van der Waals surface area contributed by atoms with Crippen LogP contribution in [-0.2, 0) is 19.0 Å². The third-order valence-electron chi connectivity index (χ3n) is 4.08. The summed E-state index contributed by atoms with van der Waals surface area (Å²) in [6.07, 6.45) is -2.21. The van der Waals surface area contributed by atoms with E-state index in [1.807, 2.05) is 0 Å². The van der Waals surface area contributed by atoms with E-state index >= 15 is 0 Å². The lowest BCUT2D eigenvalue weighted by molar-refractivity contribution is -0.147. The Hall–Kier alpha value is -2.49. The van der Waals surface area contributed by atoms with Gasteiger partial charge in [-0.2, -0.15) is 4.90 Å². The Kier molecular flexibility index (Phi) is 10.0. The van der Waals surface area contributed by atoms with Gasteiger partial charge in [0.2, 0.25) is 0 Å². The summed E-state index contributed by atoms with van der Waals surface area (Å²) < 4.78 is 29.3. The number of Topliss-reactive ketones (excluding diaryl/α,β-unsaturated/α-hetero) is 1. The van der Waals surface area contributed by atoms with E-state index < -0.39 is 41.2 Å². The van der Waals surface area contributed by atoms with Crippen LogP contribution in [0.15, 0.2) is 22.7 Å². The third kappa shape index (κ3) is 9.49. The highest BCUT2D eigenvalue weighted by molar-refractivity contribution is 9.10. The maximum atomic E-state index is 13.5. The number of ether oxygens (including phenoxy) is 3. The van der Waals surface area contributed by atoms with Crippen molar-refractivity contribution in [3.05, 3.63) is 34.1 Å². The molecule has 0 radical (unpaired) electrons. The second-order valence-corrected chi connectivity index (χ2v) is 10.2. The summed E-state index contributed by atoms with van der Waals surface area (Å²) in [5.74, 6) is -1.80. The molecule has 1 aromatic carbocycles. The number of carbonyl (C=O) groups is 4. The zero-order valence-corrected chi connectivity index (χ0v) is 21.6. The van der Waals surface area contributed by atoms with Gasteiger partial charge in [-0.1, -0.05) is 15.9 Å². The SMILES string of the molecule is COC(=O)[C@H](CCCC(=O)c1cc(F)ccc1Br)N(C(=O)OC(C)(C)C)C(=O)OC(C)(C)C. The lowest BCUT2D eigenvalue weighted by atomic mass is 10.0. The number of rotatable bonds is 7. The Balaban J connectivity index is 3.13. The first-order valence-corrected chi connectivity index (χ1v) is 11.2. The van der Waals surface area contributed by atoms with Crippen LogP contribution in [0.4, 0.5) is 14.0 Å². The summed E-state index contributed by atoms with van der Waals surface area (Å²) in [6.45, 7) is 9.67. The minimum absolute atomic E-state index is 0.0635. The molecule has 0 aliphatic heterocycles. The van der Waals surface area contributed by atoms with Gasteiger partial charge in [-0.05, 0) is 72.6 Å². The molecular weight excluding hydrogens is 501 g/mol. The predicted molar refractivity (Wildman–Crippen MR) is 122 cm³/mol. The molecule has 0 bridgehead atoms. The number of amides is 2. The van der Waals surface area contributed by atoms with Crippen LogP contribution in [0, 0.1) is 5.82 Å². The van der Waals surface area contributed by atoms with Crippen LogP contribution in [0.2, 0.25) is 0 Å². The van der Waals surface area contributed by atoms with Crippen LogP contribution in [0.25, 0.3) is 0 Å². The van der Waals surface area contributed by atoms with Crippen molar-refractivity contribution in [1.82, 2.24) is 4.90 Å². The number of esters is 1. The summed E-state index contributed by atoms with van der Waals surface area (Å²) in [5.41, 5.74) is -1.74. The number of hydrogen-bond donors (Lipinski definition) is 0. The van der Waals surface area contributed by atoms with Crippen LogP contribution >= 0.6 is 15.9 Å². The van der Waals surface area contributed by atoms with Crippen molar-refractivity contribution in [3.63, 3.8) is 0 Å². The highest BCUT2D eigenvalue weighted by atomic mass is 79.9. The van der Waals surface area contributed by atoms with Crippen LogP contribution in [0.3, 0.4) is 0 Å². The van der Waals surface area contributed by atoms with Crippen molar-refractivity contribution in [1.29, 1.82) is 0 Å². The van der Waals surface area contributed by atoms with Gasteiger partial charge in [0.25, 0.3) is 0 Å². The minimum atomic E-state index is -1.39. The summed E-state index contributed by atoms with van der Waals surface area (Å²) in [7, 11) is 1.12. The number of hydrogen-bond acceptors (Lipinski definition) is 7. The van der Waals surface area contributed by atoms with Crippen LogP contribution in [0.5, 0.6) is 0 Å². The highest BCUT2D eigenvalue weighted by Crippen LogP contribution is 2.23. The molecule has 0 aliphatic carbocycles. The van der Waals surface area contributed by atoms with E-state index in [4.69, 9.17) is 14.2 Å². The highest BCUT2D eigenvalue weighted by Gasteiger charge is 2.40. The lowest BCUT2D eigenvalue weighted by Crippen LogP contribution is -2.52. The van der Waals surface area contributed by atoms with E-state index in [0.717, 1.165) is 13.2 Å². The average molecular weight is 532 g/mol. The number of ketones is 1. The van der Waals surface area contributed by atoms with Gasteiger partial charge < -0.3 is 14.2 Å². The Labute approximate surface area is 201 Å². The van der Waals surface area contributed by atoms with Gasteiger partial charge in [-0.3, -0.25) is 4.79 Å². The first-order chi connectivity index (χ1) is 15.1. The fraction of sp³-hybridized carbons (Fsp3) is 0.565. The molecule has 0 N–H and O–H groups in total. The minimum Gasteiger partial charge on any atom is -0.467 e. The molecule has 8 nitrogen and oxygen atoms in total. The van der Waals surface area contributed by atoms with E-state index in [2.05, 4.69) is 15.9 Å². The first kappa shape index (κ1) is 28.5. The van der Waals surface area contributed by atoms with E-state index in [1.54, 1.807) is 41.5 Å². The lowest BCUT2D eigenvalue weighted by Gasteiger charge is -2.32. The average Bonchev–Trinajstić information content (AvgIpc) is 2.65. The number of methoxy groups -OCH3 is 1. The third-order valence-corrected chi connectivity index (χ3v) is 4.77. The Bertz CT molecular complexity index is 862. The molecule has 2 amide bonds. The largest absolute Gasteiger partial charge is 0.467 e. The van der Waals surface area contributed by atoms with Crippen molar-refractivity contribution in [2.45, 2.75) is 78.0 Å². The van der Waals surface area contributed by atoms with Crippen molar-refractivity contribution >= 4 is 39.9 Å². The zero-order chi connectivity index (χ0) is 25.6. The molecule has 0 aromatic heterocycles. The topological polar surface area (TPSA) is 99.2 Å².